The molecule has 2 aliphatic heterocycles. The third-order valence-electron chi connectivity index (χ3n) is 4.52. The molecule has 0 N–H and O–H groups in total. The van der Waals surface area contributed by atoms with E-state index in [0.717, 1.165) is 10.5 Å². The summed E-state index contributed by atoms with van der Waals surface area (Å²) >= 11 is 0. The fourth-order valence-electron chi connectivity index (χ4n) is 3.24. The van der Waals surface area contributed by atoms with Gasteiger partial charge < -0.3 is 4.74 Å². The van der Waals surface area contributed by atoms with Crippen LogP contribution in [-0.4, -0.2) is 35.5 Å². The minimum atomic E-state index is -0.857. The third kappa shape index (κ3) is 3.03. The Morgan fingerprint density at radius 2 is 1.74 bits per heavy atom. The molecule has 27 heavy (non-hydrogen) atoms. The summed E-state index contributed by atoms with van der Waals surface area (Å²) in [5.41, 5.74) is 1.25. The zero-order valence-corrected chi connectivity index (χ0v) is 14.6. The van der Waals surface area contributed by atoms with Crippen LogP contribution in [0, 0.1) is 5.82 Å². The highest BCUT2D eigenvalue weighted by atomic mass is 19.1. The van der Waals surface area contributed by atoms with Gasteiger partial charge in [-0.15, -0.1) is 0 Å². The number of hydrogen-bond acceptors (Lipinski definition) is 6. The molecule has 0 bridgehead atoms. The minimum absolute atomic E-state index is 0.265. The van der Waals surface area contributed by atoms with Gasteiger partial charge in [-0.2, -0.15) is 5.11 Å². The monoisotopic (exact) mass is 368 g/mol. The smallest absolute Gasteiger partial charge is 0.263 e. The Balaban J connectivity index is 1.55. The molecule has 0 spiro atoms. The maximum absolute atomic E-state index is 13.1. The number of anilines is 1. The van der Waals surface area contributed by atoms with Crippen molar-refractivity contribution in [2.45, 2.75) is 25.6 Å². The Hall–Kier alpha value is -3.29. The molecule has 2 aromatic carbocycles. The molecule has 0 saturated carbocycles. The summed E-state index contributed by atoms with van der Waals surface area (Å²) in [5.74, 6) is -0.451. The maximum atomic E-state index is 13.1. The van der Waals surface area contributed by atoms with Gasteiger partial charge in [0.25, 0.3) is 11.8 Å². The summed E-state index contributed by atoms with van der Waals surface area (Å²) < 4.78 is 18.5. The summed E-state index contributed by atoms with van der Waals surface area (Å²) in [6.45, 7) is 2.67. The quantitative estimate of drug-likeness (QED) is 0.761. The van der Waals surface area contributed by atoms with Gasteiger partial charge in [0.1, 0.15) is 11.6 Å². The number of carbonyl (C=O) groups excluding carboxylic acids is 2. The fourth-order valence-corrected chi connectivity index (χ4v) is 3.24. The lowest BCUT2D eigenvalue weighted by Gasteiger charge is -2.20. The average Bonchev–Trinajstić information content (AvgIpc) is 3.18. The Morgan fingerprint density at radius 1 is 1.04 bits per heavy atom. The molecule has 2 aliphatic rings. The average molecular weight is 368 g/mol. The molecule has 1 saturated heterocycles. The van der Waals surface area contributed by atoms with E-state index in [1.54, 1.807) is 36.4 Å². The van der Waals surface area contributed by atoms with Gasteiger partial charge in [-0.25, -0.2) is 9.29 Å². The van der Waals surface area contributed by atoms with Crippen LogP contribution >= 0.6 is 0 Å². The van der Waals surface area contributed by atoms with Gasteiger partial charge in [-0.05, 0) is 48.9 Å². The Kier molecular flexibility index (Phi) is 4.31. The molecule has 2 aromatic rings. The second kappa shape index (κ2) is 6.79. The number of halogens is 1. The first-order valence-electron chi connectivity index (χ1n) is 8.61. The molecule has 0 aromatic heterocycles. The van der Waals surface area contributed by atoms with Gasteiger partial charge in [0.05, 0.1) is 18.8 Å². The molecule has 0 aliphatic carbocycles. The first kappa shape index (κ1) is 17.1. The van der Waals surface area contributed by atoms with Crippen molar-refractivity contribution in [1.82, 2.24) is 5.01 Å². The van der Waals surface area contributed by atoms with Gasteiger partial charge in [0, 0.05) is 0 Å². The molecule has 138 valence electrons. The molecule has 0 radical (unpaired) electrons. The molecular formula is C19H17FN4O3. The van der Waals surface area contributed by atoms with Gasteiger partial charge in [-0.1, -0.05) is 17.4 Å². The molecule has 4 rings (SSSR count). The highest BCUT2D eigenvalue weighted by molar-refractivity contribution is 6.25. The molecule has 8 heteroatoms. The van der Waals surface area contributed by atoms with Crippen molar-refractivity contribution < 1.29 is 18.7 Å². The summed E-state index contributed by atoms with van der Waals surface area (Å²) in [5, 5.41) is 9.45. The van der Waals surface area contributed by atoms with E-state index in [1.165, 1.54) is 17.1 Å². The molecule has 2 atom stereocenters. The van der Waals surface area contributed by atoms with Crippen LogP contribution in [0.15, 0.2) is 58.9 Å². The fraction of sp³-hybridized carbons (Fsp3) is 0.263. The lowest BCUT2D eigenvalue weighted by atomic mass is 10.1. The standard InChI is InChI=1S/C19H17FN4O3/c1-2-27-15-9-7-14(8-10-15)24-18(25)16-17(19(24)26)23(22-21-16)11-12-3-5-13(20)6-4-12/h3-10,16-17H,2,11H2,1H3/t16-,17-/m0/s1. The van der Waals surface area contributed by atoms with Crippen LogP contribution in [0.3, 0.4) is 0 Å². The van der Waals surface area contributed by atoms with Crippen molar-refractivity contribution >= 4 is 17.5 Å². The number of rotatable bonds is 5. The van der Waals surface area contributed by atoms with Crippen LogP contribution in [0.5, 0.6) is 5.75 Å². The largest absolute Gasteiger partial charge is 0.494 e. The van der Waals surface area contributed by atoms with Crippen LogP contribution in [0.25, 0.3) is 0 Å². The highest BCUT2D eigenvalue weighted by Gasteiger charge is 2.54. The summed E-state index contributed by atoms with van der Waals surface area (Å²) in [4.78, 5) is 26.8. The molecule has 2 heterocycles. The molecular weight excluding hydrogens is 351 g/mol. The van der Waals surface area contributed by atoms with Gasteiger partial charge in [0.2, 0.25) is 0 Å². The number of benzene rings is 2. The number of fused-ring (bicyclic) bond motifs is 1. The summed E-state index contributed by atoms with van der Waals surface area (Å²) in [6, 6.07) is 11.0. The second-order valence-electron chi connectivity index (χ2n) is 6.26. The van der Waals surface area contributed by atoms with Gasteiger partial charge in [0.15, 0.2) is 12.1 Å². The van der Waals surface area contributed by atoms with E-state index in [4.69, 9.17) is 4.74 Å². The van der Waals surface area contributed by atoms with Crippen LogP contribution in [0.1, 0.15) is 12.5 Å². The second-order valence-corrected chi connectivity index (χ2v) is 6.26. The van der Waals surface area contributed by atoms with Gasteiger partial charge >= 0.3 is 0 Å². The maximum Gasteiger partial charge on any atom is 0.263 e. The number of carbonyl (C=O) groups is 2. The number of amides is 2. The van der Waals surface area contributed by atoms with E-state index in [-0.39, 0.29) is 18.3 Å². The van der Waals surface area contributed by atoms with Crippen LogP contribution < -0.4 is 9.64 Å². The predicted molar refractivity (Wildman–Crippen MR) is 94.5 cm³/mol. The highest BCUT2D eigenvalue weighted by Crippen LogP contribution is 2.33. The van der Waals surface area contributed by atoms with E-state index in [1.807, 2.05) is 6.92 Å². The van der Waals surface area contributed by atoms with Crippen molar-refractivity contribution in [3.8, 4) is 5.75 Å². The zero-order valence-electron chi connectivity index (χ0n) is 14.6. The topological polar surface area (TPSA) is 74.6 Å². The first-order chi connectivity index (χ1) is 13.1. The van der Waals surface area contributed by atoms with E-state index in [9.17, 15) is 14.0 Å². The van der Waals surface area contributed by atoms with Gasteiger partial charge in [-0.3, -0.25) is 14.6 Å². The van der Waals surface area contributed by atoms with E-state index in [2.05, 4.69) is 10.3 Å². The molecule has 2 amide bonds. The minimum Gasteiger partial charge on any atom is -0.494 e. The lowest BCUT2D eigenvalue weighted by molar-refractivity contribution is -0.123. The number of nitrogens with zero attached hydrogens (tertiary/aromatic N) is 4. The van der Waals surface area contributed by atoms with Crippen molar-refractivity contribution in [2.75, 3.05) is 11.5 Å². The lowest BCUT2D eigenvalue weighted by Crippen LogP contribution is -2.39. The third-order valence-corrected chi connectivity index (χ3v) is 4.52. The SMILES string of the molecule is CCOc1ccc(N2C(=O)[C@H]3N=NN(Cc4ccc(F)cc4)[C@@H]3C2=O)cc1. The number of hydrogen-bond donors (Lipinski definition) is 0. The van der Waals surface area contributed by atoms with Crippen molar-refractivity contribution in [2.24, 2.45) is 10.3 Å². The molecule has 7 nitrogen and oxygen atoms in total. The number of ether oxygens (including phenoxy) is 1. The Labute approximate surface area is 155 Å². The van der Waals surface area contributed by atoms with Crippen molar-refractivity contribution in [3.05, 3.63) is 59.9 Å². The van der Waals surface area contributed by atoms with Crippen molar-refractivity contribution in [3.63, 3.8) is 0 Å². The normalized spacial score (nSPS) is 21.1. The summed E-state index contributed by atoms with van der Waals surface area (Å²) in [7, 11) is 0. The number of imide groups is 1. The zero-order chi connectivity index (χ0) is 19.0. The van der Waals surface area contributed by atoms with Crippen LogP contribution in [0.4, 0.5) is 10.1 Å². The van der Waals surface area contributed by atoms with Crippen molar-refractivity contribution in [1.29, 1.82) is 0 Å². The molecule has 1 fully saturated rings. The Bertz CT molecular complexity index is 898. The van der Waals surface area contributed by atoms with Crippen LogP contribution in [-0.2, 0) is 16.1 Å². The predicted octanol–water partition coefficient (Wildman–Crippen LogP) is 2.72. The van der Waals surface area contributed by atoms with E-state index < -0.39 is 18.0 Å². The molecule has 0 unspecified atom stereocenters. The summed E-state index contributed by atoms with van der Waals surface area (Å²) in [6.07, 6.45) is 0. The van der Waals surface area contributed by atoms with Crippen LogP contribution in [0.2, 0.25) is 0 Å². The first-order valence-corrected chi connectivity index (χ1v) is 8.61. The van der Waals surface area contributed by atoms with E-state index in [0.29, 0.717) is 18.0 Å². The Morgan fingerprint density at radius 3 is 2.41 bits per heavy atom. The van der Waals surface area contributed by atoms with E-state index >= 15 is 0 Å².